The van der Waals surface area contributed by atoms with E-state index < -0.39 is 34.3 Å². The number of aliphatic hydroxyl groups is 1. The van der Waals surface area contributed by atoms with Gasteiger partial charge in [-0.15, -0.1) is 0 Å². The van der Waals surface area contributed by atoms with Gasteiger partial charge in [0.15, 0.2) is 9.84 Å². The topological polar surface area (TPSA) is 160 Å². The summed E-state index contributed by atoms with van der Waals surface area (Å²) in [5.74, 6) is -3.49. The second-order valence-corrected chi connectivity index (χ2v) is 10.0. The van der Waals surface area contributed by atoms with Crippen molar-refractivity contribution >= 4 is 27.5 Å². The number of esters is 2. The molecule has 0 saturated carbocycles. The fourth-order valence-electron chi connectivity index (χ4n) is 3.99. The van der Waals surface area contributed by atoms with Gasteiger partial charge in [0.1, 0.15) is 11.5 Å². The fourth-order valence-corrected chi connectivity index (χ4v) is 5.11. The number of hydrogen-bond acceptors (Lipinski definition) is 10. The van der Waals surface area contributed by atoms with Gasteiger partial charge in [0.25, 0.3) is 0 Å². The number of carbonyl (C=O) groups excluding carboxylic acids is 2. The molecule has 0 aliphatic carbocycles. The molecular formula is C25H25N3O7S. The van der Waals surface area contributed by atoms with Gasteiger partial charge in [-0.3, -0.25) is 4.90 Å². The van der Waals surface area contributed by atoms with Crippen molar-refractivity contribution in [1.82, 2.24) is 0 Å². The molecule has 36 heavy (non-hydrogen) atoms. The van der Waals surface area contributed by atoms with Crippen LogP contribution in [0.4, 0.5) is 5.69 Å². The van der Waals surface area contributed by atoms with Gasteiger partial charge in [-0.05, 0) is 23.3 Å². The minimum Gasteiger partial charge on any atom is -0.466 e. The van der Waals surface area contributed by atoms with Gasteiger partial charge in [-0.2, -0.15) is 5.26 Å². The van der Waals surface area contributed by atoms with E-state index in [-0.39, 0.29) is 39.9 Å². The van der Waals surface area contributed by atoms with Crippen LogP contribution in [0, 0.1) is 11.3 Å². The molecule has 10 nitrogen and oxygen atoms in total. The molecule has 3 rings (SSSR count). The highest BCUT2D eigenvalue weighted by molar-refractivity contribution is 7.90. The van der Waals surface area contributed by atoms with Crippen molar-refractivity contribution in [3.8, 4) is 6.07 Å². The van der Waals surface area contributed by atoms with Crippen molar-refractivity contribution < 1.29 is 32.6 Å². The Balaban J connectivity index is 2.23. The molecule has 2 aromatic carbocycles. The van der Waals surface area contributed by atoms with Crippen molar-refractivity contribution in [3.05, 3.63) is 88.4 Å². The van der Waals surface area contributed by atoms with Crippen molar-refractivity contribution in [3.63, 3.8) is 0 Å². The van der Waals surface area contributed by atoms with Gasteiger partial charge in [0.2, 0.25) is 0 Å². The van der Waals surface area contributed by atoms with Gasteiger partial charge in [0, 0.05) is 5.69 Å². The number of ether oxygens (including phenoxy) is 2. The van der Waals surface area contributed by atoms with Gasteiger partial charge < -0.3 is 20.3 Å². The highest BCUT2D eigenvalue weighted by Crippen LogP contribution is 2.43. The number of rotatable bonds is 8. The van der Waals surface area contributed by atoms with Crippen LogP contribution < -0.4 is 10.6 Å². The third kappa shape index (κ3) is 5.25. The van der Waals surface area contributed by atoms with E-state index in [0.29, 0.717) is 11.1 Å². The molecule has 11 heteroatoms. The number of nitrogens with zero attached hydrogens (tertiary/aromatic N) is 2. The SMILES string of the molecule is COC(=O)C1=C(C(=O)OC)N(c2ccc(CS(=O)(=O)CCO)cc2)C(N)=C(C#N)C1c1ccccc1. The van der Waals surface area contributed by atoms with Crippen molar-refractivity contribution in [2.75, 3.05) is 31.5 Å². The van der Waals surface area contributed by atoms with Crippen LogP contribution in [0.3, 0.4) is 0 Å². The number of benzene rings is 2. The van der Waals surface area contributed by atoms with Crippen LogP contribution in [0.1, 0.15) is 17.0 Å². The summed E-state index contributed by atoms with van der Waals surface area (Å²) < 4.78 is 34.1. The predicted molar refractivity (Wildman–Crippen MR) is 131 cm³/mol. The van der Waals surface area contributed by atoms with Crippen molar-refractivity contribution in [2.24, 2.45) is 5.73 Å². The van der Waals surface area contributed by atoms with E-state index in [2.05, 4.69) is 6.07 Å². The normalized spacial score (nSPS) is 15.9. The molecule has 2 aromatic rings. The number of methoxy groups -OCH3 is 2. The third-order valence-electron chi connectivity index (χ3n) is 5.59. The molecule has 0 radical (unpaired) electrons. The summed E-state index contributed by atoms with van der Waals surface area (Å²) in [6.07, 6.45) is 0. The average molecular weight is 512 g/mol. The van der Waals surface area contributed by atoms with Gasteiger partial charge >= 0.3 is 11.9 Å². The lowest BCUT2D eigenvalue weighted by Crippen LogP contribution is -2.40. The van der Waals surface area contributed by atoms with Gasteiger partial charge in [-0.25, -0.2) is 18.0 Å². The quantitative estimate of drug-likeness (QED) is 0.497. The maximum Gasteiger partial charge on any atom is 0.355 e. The smallest absolute Gasteiger partial charge is 0.355 e. The minimum atomic E-state index is -3.52. The highest BCUT2D eigenvalue weighted by atomic mass is 32.2. The first-order chi connectivity index (χ1) is 17.2. The maximum absolute atomic E-state index is 13.0. The highest BCUT2D eigenvalue weighted by Gasteiger charge is 2.42. The Bertz CT molecular complexity index is 1360. The Kier molecular flexibility index (Phi) is 8.14. The average Bonchev–Trinajstić information content (AvgIpc) is 2.87. The van der Waals surface area contributed by atoms with Crippen LogP contribution >= 0.6 is 0 Å². The molecule has 188 valence electrons. The first-order valence-electron chi connectivity index (χ1n) is 10.7. The zero-order valence-electron chi connectivity index (χ0n) is 19.7. The number of allylic oxidation sites excluding steroid dienone is 1. The molecule has 3 N–H and O–H groups in total. The molecular weight excluding hydrogens is 486 g/mol. The van der Waals surface area contributed by atoms with Crippen LogP contribution in [0.25, 0.3) is 0 Å². The van der Waals surface area contributed by atoms with Crippen LogP contribution in [-0.2, 0) is 34.7 Å². The predicted octanol–water partition coefficient (Wildman–Crippen LogP) is 1.49. The molecule has 0 spiro atoms. The molecule has 0 amide bonds. The number of carbonyl (C=O) groups is 2. The van der Waals surface area contributed by atoms with E-state index in [4.69, 9.17) is 20.3 Å². The Labute approximate surface area is 208 Å². The lowest BCUT2D eigenvalue weighted by atomic mass is 9.81. The molecule has 0 saturated heterocycles. The third-order valence-corrected chi connectivity index (χ3v) is 7.17. The number of anilines is 1. The van der Waals surface area contributed by atoms with E-state index in [1.54, 1.807) is 30.3 Å². The summed E-state index contributed by atoms with van der Waals surface area (Å²) in [5, 5.41) is 19.0. The summed E-state index contributed by atoms with van der Waals surface area (Å²) in [6, 6.07) is 16.7. The lowest BCUT2D eigenvalue weighted by Gasteiger charge is -2.35. The standard InChI is InChI=1S/C25H25N3O7S/c1-34-24(30)21-20(17-6-4-3-5-7-17)19(14-26)23(27)28(22(21)25(31)35-2)18-10-8-16(9-11-18)15-36(32,33)13-12-29/h3-11,20,29H,12-13,15,27H2,1-2H3. The molecule has 0 aromatic heterocycles. The Hall–Kier alpha value is -4.14. The molecule has 1 aliphatic heterocycles. The molecule has 1 aliphatic rings. The Morgan fingerprint density at radius 2 is 1.67 bits per heavy atom. The molecule has 1 unspecified atom stereocenters. The summed E-state index contributed by atoms with van der Waals surface area (Å²) in [4.78, 5) is 27.3. The number of hydrogen-bond donors (Lipinski definition) is 2. The molecule has 0 fully saturated rings. The van der Waals surface area contributed by atoms with E-state index in [1.807, 2.05) is 0 Å². The summed E-state index contributed by atoms with van der Waals surface area (Å²) in [7, 11) is -1.21. The van der Waals surface area contributed by atoms with Crippen LogP contribution in [0.5, 0.6) is 0 Å². The van der Waals surface area contributed by atoms with Crippen molar-refractivity contribution in [1.29, 1.82) is 5.26 Å². The first kappa shape index (κ1) is 26.5. The van der Waals surface area contributed by atoms with Gasteiger partial charge in [-0.1, -0.05) is 42.5 Å². The summed E-state index contributed by atoms with van der Waals surface area (Å²) >= 11 is 0. The molecule has 0 bridgehead atoms. The summed E-state index contributed by atoms with van der Waals surface area (Å²) in [5.41, 5.74) is 7.36. The van der Waals surface area contributed by atoms with Gasteiger partial charge in [0.05, 0.1) is 55.5 Å². The van der Waals surface area contributed by atoms with Crippen LogP contribution in [0.2, 0.25) is 0 Å². The number of aliphatic hydroxyl groups excluding tert-OH is 1. The number of nitriles is 1. The Morgan fingerprint density at radius 1 is 1.06 bits per heavy atom. The fraction of sp³-hybridized carbons (Fsp3) is 0.240. The molecule has 1 heterocycles. The number of sulfone groups is 1. The van der Waals surface area contributed by atoms with Crippen molar-refractivity contribution in [2.45, 2.75) is 11.7 Å². The summed E-state index contributed by atoms with van der Waals surface area (Å²) in [6.45, 7) is -0.487. The number of nitrogens with two attached hydrogens (primary N) is 1. The molecule has 1 atom stereocenters. The second kappa shape index (κ2) is 11.1. The monoisotopic (exact) mass is 511 g/mol. The first-order valence-corrected chi connectivity index (χ1v) is 12.6. The minimum absolute atomic E-state index is 0.0175. The zero-order chi connectivity index (χ0) is 26.5. The van der Waals surface area contributed by atoms with Crippen LogP contribution in [-0.4, -0.2) is 52.0 Å². The van der Waals surface area contributed by atoms with E-state index in [9.17, 15) is 23.3 Å². The zero-order valence-corrected chi connectivity index (χ0v) is 20.5. The van der Waals surface area contributed by atoms with Crippen LogP contribution in [0.15, 0.2) is 77.3 Å². The largest absolute Gasteiger partial charge is 0.466 e. The van der Waals surface area contributed by atoms with E-state index in [0.717, 1.165) is 14.2 Å². The second-order valence-electron chi connectivity index (χ2n) is 7.82. The van der Waals surface area contributed by atoms with E-state index in [1.165, 1.54) is 29.2 Å². The lowest BCUT2D eigenvalue weighted by molar-refractivity contribution is -0.139. The Morgan fingerprint density at radius 3 is 2.19 bits per heavy atom. The maximum atomic E-state index is 13.0. The van der Waals surface area contributed by atoms with E-state index >= 15 is 0 Å².